The van der Waals surface area contributed by atoms with Crippen molar-refractivity contribution in [2.45, 2.75) is 19.3 Å². The van der Waals surface area contributed by atoms with Crippen molar-refractivity contribution in [3.8, 4) is 0 Å². The summed E-state index contributed by atoms with van der Waals surface area (Å²) in [6.07, 6.45) is -0.119. The fourth-order valence-corrected chi connectivity index (χ4v) is 1.19. The van der Waals surface area contributed by atoms with E-state index in [0.717, 1.165) is 0 Å². The first kappa shape index (κ1) is 7.66. The van der Waals surface area contributed by atoms with Crippen molar-refractivity contribution >= 4 is 0 Å². The highest BCUT2D eigenvalue weighted by Crippen LogP contribution is 2.63. The van der Waals surface area contributed by atoms with Gasteiger partial charge in [0.15, 0.2) is 0 Å². The first-order chi connectivity index (χ1) is 4.46. The highest BCUT2D eigenvalue weighted by Gasteiger charge is 2.70. The molecule has 0 bridgehead atoms. The van der Waals surface area contributed by atoms with Gasteiger partial charge in [-0.05, 0) is 6.92 Å². The summed E-state index contributed by atoms with van der Waals surface area (Å²) in [5.74, 6) is -2.59. The summed E-state index contributed by atoms with van der Waals surface area (Å²) in [6, 6.07) is 0. The molecule has 1 nitrogen and oxygen atoms in total. The quantitative estimate of drug-likeness (QED) is 0.589. The van der Waals surface area contributed by atoms with Gasteiger partial charge in [-0.15, -0.1) is 0 Å². The highest BCUT2D eigenvalue weighted by atomic mass is 19.3. The second kappa shape index (κ2) is 1.78. The van der Waals surface area contributed by atoms with Gasteiger partial charge in [-0.2, -0.15) is 0 Å². The molecule has 1 atom stereocenters. The van der Waals surface area contributed by atoms with E-state index in [1.54, 1.807) is 6.92 Å². The lowest BCUT2D eigenvalue weighted by molar-refractivity contribution is 0.0785. The topological polar surface area (TPSA) is 26.0 Å². The zero-order valence-corrected chi connectivity index (χ0v) is 5.95. The zero-order valence-electron chi connectivity index (χ0n) is 5.95. The Hall–Kier alpha value is -0.440. The number of nitrogens with two attached hydrogens (primary N) is 1. The second-order valence-corrected chi connectivity index (χ2v) is 2.95. The predicted molar refractivity (Wildman–Crippen MR) is 35.9 cm³/mol. The van der Waals surface area contributed by atoms with Crippen molar-refractivity contribution < 1.29 is 8.78 Å². The molecule has 1 unspecified atom stereocenters. The van der Waals surface area contributed by atoms with Crippen molar-refractivity contribution in [1.82, 2.24) is 0 Å². The fraction of sp³-hybridized carbons (Fsp3) is 0.714. The van der Waals surface area contributed by atoms with Crippen LogP contribution in [0, 0.1) is 5.41 Å². The monoisotopic (exact) mass is 147 g/mol. The van der Waals surface area contributed by atoms with E-state index >= 15 is 0 Å². The van der Waals surface area contributed by atoms with Gasteiger partial charge in [0.2, 0.25) is 0 Å². The van der Waals surface area contributed by atoms with Gasteiger partial charge in [-0.25, -0.2) is 8.78 Å². The Bertz CT molecular complexity index is 176. The molecule has 1 saturated carbocycles. The van der Waals surface area contributed by atoms with E-state index in [2.05, 4.69) is 6.58 Å². The Balaban J connectivity index is 2.78. The molecule has 1 rings (SSSR count). The Morgan fingerprint density at radius 1 is 1.70 bits per heavy atom. The molecule has 58 valence electrons. The molecular formula is C7H11F2N. The Morgan fingerprint density at radius 2 is 2.10 bits per heavy atom. The molecule has 1 fully saturated rings. The number of alkyl halides is 2. The van der Waals surface area contributed by atoms with Crippen molar-refractivity contribution in [3.63, 3.8) is 0 Å². The molecule has 0 aromatic heterocycles. The van der Waals surface area contributed by atoms with E-state index in [-0.39, 0.29) is 13.0 Å². The third kappa shape index (κ3) is 0.700. The average Bonchev–Trinajstić information content (AvgIpc) is 2.35. The van der Waals surface area contributed by atoms with Crippen LogP contribution < -0.4 is 5.73 Å². The van der Waals surface area contributed by atoms with Crippen LogP contribution in [0.15, 0.2) is 12.2 Å². The molecule has 3 heteroatoms. The third-order valence-electron chi connectivity index (χ3n) is 2.26. The molecule has 1 aliphatic rings. The second-order valence-electron chi connectivity index (χ2n) is 2.95. The van der Waals surface area contributed by atoms with Gasteiger partial charge in [-0.3, -0.25) is 0 Å². The SMILES string of the molecule is C=C(C)C1(CN)CC1(F)F. The van der Waals surface area contributed by atoms with Gasteiger partial charge in [0, 0.05) is 13.0 Å². The molecule has 0 aromatic carbocycles. The summed E-state index contributed by atoms with van der Waals surface area (Å²) in [5.41, 5.74) is 4.64. The highest BCUT2D eigenvalue weighted by molar-refractivity contribution is 5.27. The fourth-order valence-electron chi connectivity index (χ4n) is 1.19. The van der Waals surface area contributed by atoms with Crippen LogP contribution in [-0.2, 0) is 0 Å². The van der Waals surface area contributed by atoms with Gasteiger partial charge in [0.05, 0.1) is 5.41 Å². The maximum Gasteiger partial charge on any atom is 0.259 e. The summed E-state index contributed by atoms with van der Waals surface area (Å²) >= 11 is 0. The number of halogens is 2. The van der Waals surface area contributed by atoms with Gasteiger partial charge < -0.3 is 5.73 Å². The molecular weight excluding hydrogens is 136 g/mol. The molecule has 0 radical (unpaired) electrons. The van der Waals surface area contributed by atoms with E-state index in [4.69, 9.17) is 5.73 Å². The van der Waals surface area contributed by atoms with Gasteiger partial charge in [0.25, 0.3) is 5.92 Å². The molecule has 0 saturated heterocycles. The average molecular weight is 147 g/mol. The first-order valence-corrected chi connectivity index (χ1v) is 3.20. The molecule has 2 N–H and O–H groups in total. The molecule has 1 aliphatic carbocycles. The maximum absolute atomic E-state index is 12.6. The largest absolute Gasteiger partial charge is 0.329 e. The van der Waals surface area contributed by atoms with E-state index in [1.165, 1.54) is 0 Å². The number of hydrogen-bond acceptors (Lipinski definition) is 1. The lowest BCUT2D eigenvalue weighted by atomic mass is 9.98. The van der Waals surface area contributed by atoms with E-state index in [1.807, 2.05) is 0 Å². The predicted octanol–water partition coefficient (Wildman–Crippen LogP) is 1.55. The summed E-state index contributed by atoms with van der Waals surface area (Å²) in [7, 11) is 0. The Morgan fingerprint density at radius 3 is 2.10 bits per heavy atom. The van der Waals surface area contributed by atoms with Crippen LogP contribution in [0.5, 0.6) is 0 Å². The first-order valence-electron chi connectivity index (χ1n) is 3.20. The normalized spacial score (nSPS) is 35.6. The molecule has 0 aromatic rings. The van der Waals surface area contributed by atoms with Crippen LogP contribution in [0.4, 0.5) is 8.78 Å². The van der Waals surface area contributed by atoms with Crippen molar-refractivity contribution in [2.24, 2.45) is 11.1 Å². The minimum Gasteiger partial charge on any atom is -0.329 e. The molecule has 0 spiro atoms. The van der Waals surface area contributed by atoms with Gasteiger partial charge >= 0.3 is 0 Å². The molecule has 10 heavy (non-hydrogen) atoms. The van der Waals surface area contributed by atoms with Crippen molar-refractivity contribution in [1.29, 1.82) is 0 Å². The molecule has 0 heterocycles. The van der Waals surface area contributed by atoms with Crippen LogP contribution in [-0.4, -0.2) is 12.5 Å². The van der Waals surface area contributed by atoms with E-state index < -0.39 is 11.3 Å². The summed E-state index contributed by atoms with van der Waals surface area (Å²) in [4.78, 5) is 0. The van der Waals surface area contributed by atoms with Gasteiger partial charge in [-0.1, -0.05) is 12.2 Å². The van der Waals surface area contributed by atoms with E-state index in [0.29, 0.717) is 5.57 Å². The van der Waals surface area contributed by atoms with Gasteiger partial charge in [0.1, 0.15) is 0 Å². The third-order valence-corrected chi connectivity index (χ3v) is 2.26. The molecule has 0 amide bonds. The van der Waals surface area contributed by atoms with Crippen LogP contribution in [0.1, 0.15) is 13.3 Å². The lowest BCUT2D eigenvalue weighted by Gasteiger charge is -2.12. The molecule has 0 aliphatic heterocycles. The number of rotatable bonds is 2. The van der Waals surface area contributed by atoms with Crippen LogP contribution in [0.25, 0.3) is 0 Å². The Kier molecular flexibility index (Phi) is 1.37. The van der Waals surface area contributed by atoms with Crippen LogP contribution in [0.3, 0.4) is 0 Å². The van der Waals surface area contributed by atoms with Crippen LogP contribution >= 0.6 is 0 Å². The maximum atomic E-state index is 12.6. The number of hydrogen-bond donors (Lipinski definition) is 1. The summed E-state index contributed by atoms with van der Waals surface area (Å²) in [6.45, 7) is 5.11. The minimum atomic E-state index is -2.59. The van der Waals surface area contributed by atoms with Crippen molar-refractivity contribution in [3.05, 3.63) is 12.2 Å². The summed E-state index contributed by atoms with van der Waals surface area (Å²) in [5, 5.41) is 0. The summed E-state index contributed by atoms with van der Waals surface area (Å²) < 4.78 is 25.1. The standard InChI is InChI=1S/C7H11F2N/c1-5(2)6(4-10)3-7(6,8)9/h1,3-4,10H2,2H3. The minimum absolute atomic E-state index is 0.00926. The van der Waals surface area contributed by atoms with E-state index in [9.17, 15) is 8.78 Å². The zero-order chi connectivity index (χ0) is 7.99. The Labute approximate surface area is 58.9 Å². The smallest absolute Gasteiger partial charge is 0.259 e. The lowest BCUT2D eigenvalue weighted by Crippen LogP contribution is -2.23. The van der Waals surface area contributed by atoms with Crippen molar-refractivity contribution in [2.75, 3.05) is 6.54 Å². The van der Waals surface area contributed by atoms with Crippen LogP contribution in [0.2, 0.25) is 0 Å².